The van der Waals surface area contributed by atoms with Crippen molar-refractivity contribution in [1.82, 2.24) is 4.90 Å². The second kappa shape index (κ2) is 8.55. The molecule has 1 aromatic carbocycles. The molecular formula is C14H22ClN3O2. The number of nitrogens with zero attached hydrogens (tertiary/aromatic N) is 1. The molecule has 2 amide bonds. The van der Waals surface area contributed by atoms with Crippen LogP contribution in [0.25, 0.3) is 0 Å². The highest BCUT2D eigenvalue weighted by atomic mass is 35.5. The average Bonchev–Trinajstić information content (AvgIpc) is 2.40. The lowest BCUT2D eigenvalue weighted by Crippen LogP contribution is -2.32. The number of rotatable bonds is 5. The maximum absolute atomic E-state index is 12.1. The SMILES string of the molecule is CCN(CC)C(=O)c1ccc(NC(=O)C(C)N)cc1.Cl. The first-order chi connectivity index (χ1) is 8.99. The van der Waals surface area contributed by atoms with Crippen molar-refractivity contribution in [2.75, 3.05) is 18.4 Å². The summed E-state index contributed by atoms with van der Waals surface area (Å²) < 4.78 is 0. The summed E-state index contributed by atoms with van der Waals surface area (Å²) in [5.74, 6) is -0.252. The molecule has 0 saturated heterocycles. The van der Waals surface area contributed by atoms with E-state index in [0.29, 0.717) is 24.3 Å². The van der Waals surface area contributed by atoms with E-state index in [0.717, 1.165) is 0 Å². The van der Waals surface area contributed by atoms with Gasteiger partial charge in [-0.15, -0.1) is 12.4 Å². The fourth-order valence-corrected chi connectivity index (χ4v) is 1.65. The van der Waals surface area contributed by atoms with Crippen LogP contribution >= 0.6 is 12.4 Å². The van der Waals surface area contributed by atoms with E-state index in [1.165, 1.54) is 0 Å². The highest BCUT2D eigenvalue weighted by Crippen LogP contribution is 2.11. The molecule has 5 nitrogen and oxygen atoms in total. The predicted octanol–water partition coefficient (Wildman–Crippen LogP) is 1.88. The van der Waals surface area contributed by atoms with Crippen LogP contribution in [0.15, 0.2) is 24.3 Å². The van der Waals surface area contributed by atoms with Gasteiger partial charge in [0.15, 0.2) is 0 Å². The Morgan fingerprint density at radius 3 is 2.10 bits per heavy atom. The van der Waals surface area contributed by atoms with Gasteiger partial charge in [-0.25, -0.2) is 0 Å². The van der Waals surface area contributed by atoms with Gasteiger partial charge in [-0.1, -0.05) is 0 Å². The summed E-state index contributed by atoms with van der Waals surface area (Å²) in [6, 6.07) is 6.26. The number of carbonyl (C=O) groups excluding carboxylic acids is 2. The van der Waals surface area contributed by atoms with E-state index in [2.05, 4.69) is 5.32 Å². The van der Waals surface area contributed by atoms with Crippen LogP contribution < -0.4 is 11.1 Å². The van der Waals surface area contributed by atoms with E-state index in [1.807, 2.05) is 13.8 Å². The minimum absolute atomic E-state index is 0. The first-order valence-corrected chi connectivity index (χ1v) is 6.45. The molecule has 0 radical (unpaired) electrons. The topological polar surface area (TPSA) is 75.4 Å². The lowest BCUT2D eigenvalue weighted by molar-refractivity contribution is -0.117. The number of hydrogen-bond acceptors (Lipinski definition) is 3. The number of halogens is 1. The molecule has 0 heterocycles. The summed E-state index contributed by atoms with van der Waals surface area (Å²) in [6.07, 6.45) is 0. The third-order valence-corrected chi connectivity index (χ3v) is 2.86. The molecule has 0 fully saturated rings. The van der Waals surface area contributed by atoms with Crippen LogP contribution in [-0.4, -0.2) is 35.8 Å². The van der Waals surface area contributed by atoms with Gasteiger partial charge < -0.3 is 16.0 Å². The molecule has 0 aliphatic heterocycles. The lowest BCUT2D eigenvalue weighted by Gasteiger charge is -2.18. The maximum atomic E-state index is 12.1. The molecule has 0 spiro atoms. The molecule has 0 bridgehead atoms. The summed E-state index contributed by atoms with van der Waals surface area (Å²) in [5, 5.41) is 2.68. The normalized spacial score (nSPS) is 11.2. The van der Waals surface area contributed by atoms with Crippen LogP contribution in [0.2, 0.25) is 0 Å². The van der Waals surface area contributed by atoms with Crippen molar-refractivity contribution in [1.29, 1.82) is 0 Å². The number of hydrogen-bond donors (Lipinski definition) is 2. The molecule has 112 valence electrons. The van der Waals surface area contributed by atoms with Crippen LogP contribution in [0.3, 0.4) is 0 Å². The Balaban J connectivity index is 0.00000361. The average molecular weight is 300 g/mol. The van der Waals surface area contributed by atoms with E-state index >= 15 is 0 Å². The molecule has 1 rings (SSSR count). The maximum Gasteiger partial charge on any atom is 0.253 e. The van der Waals surface area contributed by atoms with Crippen molar-refractivity contribution in [3.63, 3.8) is 0 Å². The first kappa shape index (κ1) is 18.4. The van der Waals surface area contributed by atoms with Gasteiger partial charge in [-0.3, -0.25) is 9.59 Å². The van der Waals surface area contributed by atoms with Crippen LogP contribution in [0.4, 0.5) is 5.69 Å². The minimum atomic E-state index is -0.558. The van der Waals surface area contributed by atoms with Crippen LogP contribution in [-0.2, 0) is 4.79 Å². The highest BCUT2D eigenvalue weighted by Gasteiger charge is 2.12. The Morgan fingerprint density at radius 1 is 1.20 bits per heavy atom. The monoisotopic (exact) mass is 299 g/mol. The molecule has 1 aromatic rings. The van der Waals surface area contributed by atoms with E-state index < -0.39 is 6.04 Å². The van der Waals surface area contributed by atoms with E-state index in [4.69, 9.17) is 5.73 Å². The van der Waals surface area contributed by atoms with E-state index in [9.17, 15) is 9.59 Å². The third kappa shape index (κ3) is 4.83. The largest absolute Gasteiger partial charge is 0.339 e. The van der Waals surface area contributed by atoms with Gasteiger partial charge in [0.1, 0.15) is 0 Å². The Hall–Kier alpha value is -1.59. The van der Waals surface area contributed by atoms with Crippen LogP contribution in [0.1, 0.15) is 31.1 Å². The zero-order valence-corrected chi connectivity index (χ0v) is 12.9. The van der Waals surface area contributed by atoms with Crippen molar-refractivity contribution in [2.24, 2.45) is 5.73 Å². The smallest absolute Gasteiger partial charge is 0.253 e. The molecule has 6 heteroatoms. The zero-order valence-electron chi connectivity index (χ0n) is 12.1. The molecule has 0 aliphatic rings. The Bertz CT molecular complexity index is 442. The number of nitrogens with two attached hydrogens (primary N) is 1. The van der Waals surface area contributed by atoms with Crippen LogP contribution in [0, 0.1) is 0 Å². The van der Waals surface area contributed by atoms with E-state index in [1.54, 1.807) is 36.1 Å². The molecule has 0 aromatic heterocycles. The van der Waals surface area contributed by atoms with Gasteiger partial charge in [0, 0.05) is 24.3 Å². The highest BCUT2D eigenvalue weighted by molar-refractivity contribution is 5.96. The molecule has 1 atom stereocenters. The second-order valence-corrected chi connectivity index (χ2v) is 4.33. The van der Waals surface area contributed by atoms with Gasteiger partial charge in [0.05, 0.1) is 6.04 Å². The number of benzene rings is 1. The summed E-state index contributed by atoms with van der Waals surface area (Å²) in [7, 11) is 0. The lowest BCUT2D eigenvalue weighted by atomic mass is 10.1. The number of anilines is 1. The first-order valence-electron chi connectivity index (χ1n) is 6.45. The number of nitrogens with one attached hydrogen (secondary N) is 1. The summed E-state index contributed by atoms with van der Waals surface area (Å²) in [4.78, 5) is 25.2. The number of amides is 2. The van der Waals surface area contributed by atoms with Crippen molar-refractivity contribution < 1.29 is 9.59 Å². The molecule has 1 unspecified atom stereocenters. The third-order valence-electron chi connectivity index (χ3n) is 2.86. The van der Waals surface area contributed by atoms with Gasteiger partial charge >= 0.3 is 0 Å². The van der Waals surface area contributed by atoms with Gasteiger partial charge in [-0.05, 0) is 45.0 Å². The van der Waals surface area contributed by atoms with Gasteiger partial charge in [0.25, 0.3) is 5.91 Å². The zero-order chi connectivity index (χ0) is 14.4. The van der Waals surface area contributed by atoms with Crippen molar-refractivity contribution in [3.8, 4) is 0 Å². The molecule has 3 N–H and O–H groups in total. The molecular weight excluding hydrogens is 278 g/mol. The Morgan fingerprint density at radius 2 is 1.70 bits per heavy atom. The van der Waals surface area contributed by atoms with Crippen molar-refractivity contribution >= 4 is 29.9 Å². The van der Waals surface area contributed by atoms with Crippen LogP contribution in [0.5, 0.6) is 0 Å². The van der Waals surface area contributed by atoms with E-state index in [-0.39, 0.29) is 24.2 Å². The van der Waals surface area contributed by atoms with Gasteiger partial charge in [-0.2, -0.15) is 0 Å². The Labute approximate surface area is 125 Å². The molecule has 20 heavy (non-hydrogen) atoms. The minimum Gasteiger partial charge on any atom is -0.339 e. The quantitative estimate of drug-likeness (QED) is 0.871. The molecule has 0 saturated carbocycles. The van der Waals surface area contributed by atoms with Crippen molar-refractivity contribution in [3.05, 3.63) is 29.8 Å². The second-order valence-electron chi connectivity index (χ2n) is 4.33. The van der Waals surface area contributed by atoms with Crippen molar-refractivity contribution in [2.45, 2.75) is 26.8 Å². The van der Waals surface area contributed by atoms with Gasteiger partial charge in [0.2, 0.25) is 5.91 Å². The summed E-state index contributed by atoms with van der Waals surface area (Å²) in [5.41, 5.74) is 6.72. The molecule has 0 aliphatic carbocycles. The fourth-order valence-electron chi connectivity index (χ4n) is 1.65. The summed E-state index contributed by atoms with van der Waals surface area (Å²) >= 11 is 0. The fraction of sp³-hybridized carbons (Fsp3) is 0.429. The Kier molecular flexibility index (Phi) is 7.87. The predicted molar refractivity (Wildman–Crippen MR) is 83.2 cm³/mol. The summed E-state index contributed by atoms with van der Waals surface area (Å²) in [6.45, 7) is 6.86. The number of carbonyl (C=O) groups is 2. The standard InChI is InChI=1S/C14H21N3O2.ClH/c1-4-17(5-2)14(19)11-6-8-12(9-7-11)16-13(18)10(3)15;/h6-10H,4-5,15H2,1-3H3,(H,16,18);1H.